The van der Waals surface area contributed by atoms with Crippen LogP contribution in [0.15, 0.2) is 0 Å². The van der Waals surface area contributed by atoms with Crippen LogP contribution >= 0.6 is 19.0 Å². The molecule has 0 rings (SSSR count). The number of hydrogen-bond donors (Lipinski definition) is 0. The molecule has 1 unspecified atom stereocenters. The molecule has 0 aromatic heterocycles. The predicted molar refractivity (Wildman–Crippen MR) is 26.4 cm³/mol. The molecule has 1 radical (unpaired) electrons. The molecular weight excluding hydrogens is 111 g/mol. The summed E-state index contributed by atoms with van der Waals surface area (Å²) in [5, 5.41) is 0. The number of alkyl halides is 1. The van der Waals surface area contributed by atoms with Crippen molar-refractivity contribution >= 4 is 30.8 Å². The normalized spacial score (nSPS) is 8.25. The van der Waals surface area contributed by atoms with Gasteiger partial charge in [0.15, 0.2) is 0 Å². The van der Waals surface area contributed by atoms with Crippen molar-refractivity contribution in [2.45, 2.75) is 0 Å². The minimum Gasteiger partial charge on any atom is -0.117 e. The van der Waals surface area contributed by atoms with Gasteiger partial charge >= 0.3 is 0 Å². The van der Waals surface area contributed by atoms with E-state index >= 15 is 0 Å². The summed E-state index contributed by atoms with van der Waals surface area (Å²) >= 11 is 9.54. The number of halogens is 1. The Bertz CT molecular complexity index is 22.0. The fraction of sp³-hybridized carbons (Fsp3) is 1.00. The third kappa shape index (κ3) is 2.81. The van der Waals surface area contributed by atoms with E-state index in [0.717, 1.165) is 0 Å². The van der Waals surface area contributed by atoms with Crippen LogP contribution in [-0.4, -0.2) is 5.62 Å². The molecular formula is CH3ClPS. The third-order valence-electron chi connectivity index (χ3n) is 0.0546. The second kappa shape index (κ2) is 3.81. The van der Waals surface area contributed by atoms with Crippen molar-refractivity contribution in [1.29, 1.82) is 0 Å². The lowest BCUT2D eigenvalue weighted by Crippen LogP contribution is -1.28. The maximum Gasteiger partial charge on any atom is 0.0640 e. The highest BCUT2D eigenvalue weighted by Crippen LogP contribution is 1.90. The second-order valence-corrected chi connectivity index (χ2v) is 2.50. The fourth-order valence-electron chi connectivity index (χ4n) is 0. The van der Waals surface area contributed by atoms with Crippen molar-refractivity contribution in [1.82, 2.24) is 0 Å². The Balaban J connectivity index is 2.30. The molecule has 0 aliphatic carbocycles. The van der Waals surface area contributed by atoms with Crippen molar-refractivity contribution < 1.29 is 0 Å². The lowest BCUT2D eigenvalue weighted by molar-refractivity contribution is 2.26. The quantitative estimate of drug-likeness (QED) is 0.365. The van der Waals surface area contributed by atoms with Crippen molar-refractivity contribution in [3.8, 4) is 0 Å². The first-order valence-electron chi connectivity index (χ1n) is 0.825. The van der Waals surface area contributed by atoms with E-state index in [9.17, 15) is 0 Å². The molecule has 0 saturated carbocycles. The molecule has 0 fully saturated rings. The van der Waals surface area contributed by atoms with Crippen LogP contribution in [0.3, 0.4) is 0 Å². The smallest absolute Gasteiger partial charge is 0.0640 e. The molecule has 0 heterocycles. The fourth-order valence-corrected chi connectivity index (χ4v) is 0. The van der Waals surface area contributed by atoms with E-state index < -0.39 is 0 Å². The van der Waals surface area contributed by atoms with Gasteiger partial charge in [-0.25, -0.2) is 0 Å². The Morgan fingerprint density at radius 2 is 2.25 bits per heavy atom. The average molecular weight is 114 g/mol. The van der Waals surface area contributed by atoms with Crippen molar-refractivity contribution in [2.24, 2.45) is 0 Å². The number of rotatable bonds is 1. The summed E-state index contributed by atoms with van der Waals surface area (Å²) in [5.41, 5.74) is 0.634. The zero-order valence-electron chi connectivity index (χ0n) is 1.99. The maximum absolute atomic E-state index is 5.09. The van der Waals surface area contributed by atoms with Gasteiger partial charge in [-0.05, 0) is 0 Å². The largest absolute Gasteiger partial charge is 0.117 e. The number of hydrogen-bond acceptors (Lipinski definition) is 1. The summed E-state index contributed by atoms with van der Waals surface area (Å²) in [4.78, 5) is 0. The first-order valence-corrected chi connectivity index (χ1v) is 3.70. The summed E-state index contributed by atoms with van der Waals surface area (Å²) in [5.74, 6) is 0. The van der Waals surface area contributed by atoms with Crippen LogP contribution in [0.2, 0.25) is 0 Å². The molecule has 25 valence electrons. The lowest BCUT2D eigenvalue weighted by atomic mass is 11.9. The molecule has 0 aliphatic heterocycles. The summed E-state index contributed by atoms with van der Waals surface area (Å²) in [6.45, 7) is 0. The minimum atomic E-state index is 0.489. The topological polar surface area (TPSA) is 0 Å². The van der Waals surface area contributed by atoms with Gasteiger partial charge in [0.2, 0.25) is 0 Å². The van der Waals surface area contributed by atoms with E-state index in [1.54, 1.807) is 0 Å². The van der Waals surface area contributed by atoms with Gasteiger partial charge in [-0.1, -0.05) is 19.2 Å². The predicted octanol–water partition coefficient (Wildman–Crippen LogP) is 1.32. The standard InChI is InChI=1S/CH3ClPS/c2-1-3-4/h3H,1H2. The molecule has 4 heavy (non-hydrogen) atoms. The van der Waals surface area contributed by atoms with Crippen LogP contribution in [0.5, 0.6) is 0 Å². The highest BCUT2D eigenvalue weighted by Gasteiger charge is 1.49. The van der Waals surface area contributed by atoms with Gasteiger partial charge in [0.1, 0.15) is 0 Å². The molecule has 0 spiro atoms. The Morgan fingerprint density at radius 3 is 2.25 bits per heavy atom. The molecule has 0 amide bonds. The summed E-state index contributed by atoms with van der Waals surface area (Å²) in [6, 6.07) is 0. The van der Waals surface area contributed by atoms with Gasteiger partial charge in [0.05, 0.1) is 5.62 Å². The monoisotopic (exact) mass is 113 g/mol. The van der Waals surface area contributed by atoms with E-state index in [-0.39, 0.29) is 0 Å². The molecule has 1 atom stereocenters. The minimum absolute atomic E-state index is 0.489. The zero-order valence-corrected chi connectivity index (χ0v) is 4.57. The summed E-state index contributed by atoms with van der Waals surface area (Å²) < 4.78 is 0. The molecule has 0 aliphatic rings. The van der Waals surface area contributed by atoms with Crippen LogP contribution in [0.4, 0.5) is 0 Å². The molecule has 0 aromatic rings. The van der Waals surface area contributed by atoms with Crippen LogP contribution in [0, 0.1) is 0 Å². The molecule has 3 heteroatoms. The Kier molecular flexibility index (Phi) is 4.58. The maximum atomic E-state index is 5.09. The van der Waals surface area contributed by atoms with E-state index in [0.29, 0.717) is 13.0 Å². The molecule has 0 aromatic carbocycles. The first kappa shape index (κ1) is 4.81. The van der Waals surface area contributed by atoms with Crippen LogP contribution in [0.25, 0.3) is 0 Å². The second-order valence-electron chi connectivity index (χ2n) is 0.278. The summed E-state index contributed by atoms with van der Waals surface area (Å²) in [7, 11) is 0.489. The van der Waals surface area contributed by atoms with E-state index in [1.807, 2.05) is 0 Å². The Labute approximate surface area is 37.0 Å². The van der Waals surface area contributed by atoms with Crippen LogP contribution in [0.1, 0.15) is 0 Å². The first-order chi connectivity index (χ1) is 1.91. The Morgan fingerprint density at radius 1 is 2.00 bits per heavy atom. The highest BCUT2D eigenvalue weighted by atomic mass is 35.5. The van der Waals surface area contributed by atoms with Crippen molar-refractivity contribution in [3.63, 3.8) is 0 Å². The molecule has 0 saturated heterocycles. The van der Waals surface area contributed by atoms with Crippen molar-refractivity contribution in [2.75, 3.05) is 5.62 Å². The summed E-state index contributed by atoms with van der Waals surface area (Å²) in [6.07, 6.45) is 0. The SMILES string of the molecule is S=[PH]CCl. The molecule has 0 N–H and O–H groups in total. The van der Waals surface area contributed by atoms with Gasteiger partial charge in [-0.3, -0.25) is 0 Å². The van der Waals surface area contributed by atoms with Gasteiger partial charge in [0.25, 0.3) is 0 Å². The van der Waals surface area contributed by atoms with Gasteiger partial charge < -0.3 is 0 Å². The van der Waals surface area contributed by atoms with Gasteiger partial charge in [-0.2, -0.15) is 0 Å². The highest BCUT2D eigenvalue weighted by molar-refractivity contribution is 7.97. The van der Waals surface area contributed by atoms with Crippen LogP contribution in [-0.2, 0) is 11.8 Å². The van der Waals surface area contributed by atoms with Crippen molar-refractivity contribution in [3.05, 3.63) is 0 Å². The molecule has 0 nitrogen and oxygen atoms in total. The average Bonchev–Trinajstić information content (AvgIpc) is 1.37. The van der Waals surface area contributed by atoms with E-state index in [1.165, 1.54) is 0 Å². The van der Waals surface area contributed by atoms with Gasteiger partial charge in [0, 0.05) is 0 Å². The lowest BCUT2D eigenvalue weighted by Gasteiger charge is -1.54. The third-order valence-corrected chi connectivity index (χ3v) is 1.47. The Hall–Kier alpha value is 0.810. The van der Waals surface area contributed by atoms with Crippen LogP contribution < -0.4 is 0 Å². The van der Waals surface area contributed by atoms with Gasteiger partial charge in [-0.15, -0.1) is 11.6 Å². The zero-order chi connectivity index (χ0) is 3.41. The molecule has 0 bridgehead atoms. The van der Waals surface area contributed by atoms with E-state index in [2.05, 4.69) is 11.8 Å². The van der Waals surface area contributed by atoms with E-state index in [4.69, 9.17) is 11.6 Å².